The van der Waals surface area contributed by atoms with E-state index in [0.717, 1.165) is 75.0 Å². The molecule has 3 aromatic carbocycles. The number of oxazole rings is 1. The molecule has 0 aliphatic carbocycles. The van der Waals surface area contributed by atoms with E-state index in [9.17, 15) is 9.90 Å². The van der Waals surface area contributed by atoms with Crippen LogP contribution in [0.2, 0.25) is 5.02 Å². The highest BCUT2D eigenvalue weighted by molar-refractivity contribution is 6.34. The van der Waals surface area contributed by atoms with Gasteiger partial charge in [-0.1, -0.05) is 35.9 Å². The van der Waals surface area contributed by atoms with Gasteiger partial charge in [0.2, 0.25) is 5.89 Å². The Kier molecular flexibility index (Phi) is 9.29. The molecule has 10 nitrogen and oxygen atoms in total. The number of benzene rings is 3. The van der Waals surface area contributed by atoms with Crippen molar-refractivity contribution in [2.45, 2.75) is 45.9 Å². The molecule has 1 aliphatic heterocycles. The molecule has 0 saturated carbocycles. The lowest BCUT2D eigenvalue weighted by atomic mass is 9.93. The number of nitrogens with one attached hydrogen (secondary N) is 2. The molecule has 0 bridgehead atoms. The summed E-state index contributed by atoms with van der Waals surface area (Å²) >= 11 is 6.60. The first-order valence-corrected chi connectivity index (χ1v) is 16.7. The minimum atomic E-state index is -0.845. The predicted molar refractivity (Wildman–Crippen MR) is 192 cm³/mol. The van der Waals surface area contributed by atoms with Crippen molar-refractivity contribution in [3.05, 3.63) is 100 Å². The lowest BCUT2D eigenvalue weighted by Gasteiger charge is -2.17. The summed E-state index contributed by atoms with van der Waals surface area (Å²) in [5.74, 6) is 0.319. The fourth-order valence-electron chi connectivity index (χ4n) is 6.54. The standard InChI is InChI=1S/C38H37ClN6O4/c1-22-28(5-3-7-30(22)38-44-33-17-24(16-31(39)36(33)49-38)18-40-12-10-34(47)48)29-6-4-8-32(23(29)2)43-37-35-26(9-13-41-37)15-25(19-42-35)20-45-14-11-27(46)21-45/h3-9,13,15-17,19,27,40,46H,10-12,14,18,20-21H2,1-2H3,(H,41,43)(H,47,48)/t27-/m0/s1. The highest BCUT2D eigenvalue weighted by Crippen LogP contribution is 2.38. The van der Waals surface area contributed by atoms with Crippen LogP contribution >= 0.6 is 11.6 Å². The summed E-state index contributed by atoms with van der Waals surface area (Å²) in [5.41, 5.74) is 9.94. The number of aliphatic hydroxyl groups excluding tert-OH is 1. The molecule has 0 unspecified atom stereocenters. The molecule has 1 atom stereocenters. The number of carbonyl (C=O) groups is 1. The molecule has 1 saturated heterocycles. The number of likely N-dealkylation sites (tertiary alicyclic amines) is 1. The van der Waals surface area contributed by atoms with E-state index in [-0.39, 0.29) is 12.5 Å². The Hall–Kier alpha value is -4.87. The third-order valence-corrected chi connectivity index (χ3v) is 9.38. The summed E-state index contributed by atoms with van der Waals surface area (Å²) in [5, 5.41) is 26.9. The molecule has 11 heteroatoms. The Bertz CT molecular complexity index is 2180. The van der Waals surface area contributed by atoms with Gasteiger partial charge in [-0.2, -0.15) is 0 Å². The van der Waals surface area contributed by atoms with E-state index in [4.69, 9.17) is 31.1 Å². The maximum Gasteiger partial charge on any atom is 0.304 e. The molecule has 1 aliphatic rings. The largest absolute Gasteiger partial charge is 0.481 e. The van der Waals surface area contributed by atoms with Gasteiger partial charge in [-0.3, -0.25) is 14.7 Å². The van der Waals surface area contributed by atoms with Crippen LogP contribution in [0.15, 0.2) is 77.5 Å². The van der Waals surface area contributed by atoms with Crippen molar-refractivity contribution in [1.29, 1.82) is 0 Å². The van der Waals surface area contributed by atoms with Crippen LogP contribution in [0, 0.1) is 13.8 Å². The Balaban J connectivity index is 1.15. The molecule has 0 radical (unpaired) electrons. The number of halogens is 1. The molecule has 4 N–H and O–H groups in total. The maximum absolute atomic E-state index is 10.8. The molecule has 250 valence electrons. The fraction of sp³-hybridized carbons (Fsp3) is 0.263. The predicted octanol–water partition coefficient (Wildman–Crippen LogP) is 7.25. The normalized spacial score (nSPS) is 15.0. The molecular formula is C38H37ClN6O4. The van der Waals surface area contributed by atoms with Crippen molar-refractivity contribution < 1.29 is 19.4 Å². The van der Waals surface area contributed by atoms with Crippen LogP contribution in [0.3, 0.4) is 0 Å². The molecule has 1 fully saturated rings. The number of pyridine rings is 2. The Morgan fingerprint density at radius 1 is 1.02 bits per heavy atom. The van der Waals surface area contributed by atoms with E-state index in [0.29, 0.717) is 47.5 Å². The van der Waals surface area contributed by atoms with E-state index >= 15 is 0 Å². The molecule has 49 heavy (non-hydrogen) atoms. The van der Waals surface area contributed by atoms with Gasteiger partial charge in [0.1, 0.15) is 11.0 Å². The van der Waals surface area contributed by atoms with Crippen molar-refractivity contribution in [3.8, 4) is 22.6 Å². The van der Waals surface area contributed by atoms with Gasteiger partial charge >= 0.3 is 5.97 Å². The van der Waals surface area contributed by atoms with Crippen molar-refractivity contribution >= 4 is 51.1 Å². The van der Waals surface area contributed by atoms with Crippen LogP contribution < -0.4 is 10.6 Å². The van der Waals surface area contributed by atoms with Gasteiger partial charge in [0, 0.05) is 61.8 Å². The van der Waals surface area contributed by atoms with E-state index in [1.54, 1.807) is 6.20 Å². The quantitative estimate of drug-likeness (QED) is 0.104. The first kappa shape index (κ1) is 32.7. The molecule has 6 aromatic rings. The minimum Gasteiger partial charge on any atom is -0.481 e. The van der Waals surface area contributed by atoms with E-state index in [2.05, 4.69) is 52.6 Å². The Labute approximate surface area is 288 Å². The molecule has 0 spiro atoms. The number of carboxylic acids is 1. The first-order chi connectivity index (χ1) is 23.7. The van der Waals surface area contributed by atoms with Gasteiger partial charge < -0.3 is 25.3 Å². The van der Waals surface area contributed by atoms with Crippen LogP contribution in [-0.2, 0) is 17.9 Å². The van der Waals surface area contributed by atoms with Gasteiger partial charge in [-0.25, -0.2) is 9.97 Å². The molecule has 7 rings (SSSR count). The summed E-state index contributed by atoms with van der Waals surface area (Å²) in [4.78, 5) is 27.3. The molecule has 4 heterocycles. The van der Waals surface area contributed by atoms with Gasteiger partial charge in [0.25, 0.3) is 0 Å². The third kappa shape index (κ3) is 7.00. The fourth-order valence-corrected chi connectivity index (χ4v) is 6.81. The SMILES string of the molecule is Cc1c(Nc2nccc3cc(CN4CC[C@H](O)C4)cnc23)cccc1-c1cccc(-c2nc3cc(CNCCC(=O)O)cc(Cl)c3o2)c1C. The summed E-state index contributed by atoms with van der Waals surface area (Å²) in [6, 6.07) is 20.1. The van der Waals surface area contributed by atoms with Crippen LogP contribution in [0.4, 0.5) is 11.5 Å². The lowest BCUT2D eigenvalue weighted by Crippen LogP contribution is -2.21. The monoisotopic (exact) mass is 676 g/mol. The smallest absolute Gasteiger partial charge is 0.304 e. The van der Waals surface area contributed by atoms with Crippen LogP contribution in [-0.4, -0.2) is 61.8 Å². The number of aromatic nitrogens is 3. The highest BCUT2D eigenvalue weighted by atomic mass is 35.5. The summed E-state index contributed by atoms with van der Waals surface area (Å²) in [7, 11) is 0. The number of carboxylic acid groups (broad SMARTS) is 1. The van der Waals surface area contributed by atoms with E-state index in [1.165, 1.54) is 0 Å². The first-order valence-electron chi connectivity index (χ1n) is 16.4. The van der Waals surface area contributed by atoms with Crippen LogP contribution in [0.25, 0.3) is 44.6 Å². The molecular weight excluding hydrogens is 640 g/mol. The van der Waals surface area contributed by atoms with Crippen molar-refractivity contribution in [2.75, 3.05) is 25.0 Å². The summed E-state index contributed by atoms with van der Waals surface area (Å²) in [6.45, 7) is 7.33. The Morgan fingerprint density at radius 2 is 1.82 bits per heavy atom. The van der Waals surface area contributed by atoms with Gasteiger partial charge in [-0.05, 0) is 90.0 Å². The zero-order chi connectivity index (χ0) is 34.1. The maximum atomic E-state index is 10.8. The zero-order valence-electron chi connectivity index (χ0n) is 27.3. The second kappa shape index (κ2) is 13.9. The minimum absolute atomic E-state index is 0.0444. The number of aliphatic hydroxyl groups is 1. The highest BCUT2D eigenvalue weighted by Gasteiger charge is 2.21. The van der Waals surface area contributed by atoms with Crippen LogP contribution in [0.1, 0.15) is 35.1 Å². The van der Waals surface area contributed by atoms with Gasteiger partial charge in [0.05, 0.1) is 17.5 Å². The number of nitrogens with zero attached hydrogens (tertiary/aromatic N) is 4. The number of aliphatic carboxylic acids is 1. The number of β-amino-alcohol motifs (C(OH)–C–C–N with tert-alkyl or cyclic N) is 1. The van der Waals surface area contributed by atoms with E-state index in [1.807, 2.05) is 48.7 Å². The van der Waals surface area contributed by atoms with E-state index < -0.39 is 5.97 Å². The summed E-state index contributed by atoms with van der Waals surface area (Å²) in [6.07, 6.45) is 4.31. The number of hydrogen-bond donors (Lipinski definition) is 4. The Morgan fingerprint density at radius 3 is 2.61 bits per heavy atom. The van der Waals surface area contributed by atoms with Gasteiger partial charge in [-0.15, -0.1) is 0 Å². The average molecular weight is 677 g/mol. The second-order valence-corrected chi connectivity index (χ2v) is 13.0. The molecule has 3 aromatic heterocycles. The number of hydrogen-bond acceptors (Lipinski definition) is 9. The lowest BCUT2D eigenvalue weighted by molar-refractivity contribution is -0.136. The average Bonchev–Trinajstić information content (AvgIpc) is 3.70. The van der Waals surface area contributed by atoms with Crippen molar-refractivity contribution in [3.63, 3.8) is 0 Å². The van der Waals surface area contributed by atoms with Crippen LogP contribution in [0.5, 0.6) is 0 Å². The summed E-state index contributed by atoms with van der Waals surface area (Å²) < 4.78 is 6.21. The number of rotatable bonds is 11. The third-order valence-electron chi connectivity index (χ3n) is 9.10. The number of anilines is 2. The second-order valence-electron chi connectivity index (χ2n) is 12.6. The van der Waals surface area contributed by atoms with Crippen molar-refractivity contribution in [2.24, 2.45) is 0 Å². The van der Waals surface area contributed by atoms with Gasteiger partial charge in [0.15, 0.2) is 11.4 Å². The zero-order valence-corrected chi connectivity index (χ0v) is 28.1. The van der Waals surface area contributed by atoms with Crippen molar-refractivity contribution in [1.82, 2.24) is 25.2 Å². The molecule has 0 amide bonds. The number of fused-ring (bicyclic) bond motifs is 2. The topological polar surface area (TPSA) is 137 Å².